The van der Waals surface area contributed by atoms with E-state index in [0.717, 1.165) is 6.54 Å². The van der Waals surface area contributed by atoms with Gasteiger partial charge in [-0.05, 0) is 27.3 Å². The Morgan fingerprint density at radius 3 is 2.27 bits per heavy atom. The van der Waals surface area contributed by atoms with Crippen molar-refractivity contribution in [3.05, 3.63) is 0 Å². The predicted molar refractivity (Wildman–Crippen MR) is 44.2 cm³/mol. The molecule has 11 heavy (non-hydrogen) atoms. The highest BCUT2D eigenvalue weighted by Crippen LogP contribution is 2.33. The Morgan fingerprint density at radius 2 is 2.09 bits per heavy atom. The van der Waals surface area contributed by atoms with Crippen molar-refractivity contribution in [2.45, 2.75) is 31.5 Å². The zero-order chi connectivity index (χ0) is 8.70. The van der Waals surface area contributed by atoms with Gasteiger partial charge in [0.2, 0.25) is 0 Å². The third-order valence-corrected chi connectivity index (χ3v) is 2.57. The Labute approximate surface area is 67.6 Å². The SMILES string of the molecule is CN1CCC(F)(C(C)(C)N)C1. The Hall–Kier alpha value is -0.150. The fourth-order valence-electron chi connectivity index (χ4n) is 1.48. The smallest absolute Gasteiger partial charge is 0.142 e. The molecular weight excluding hydrogens is 143 g/mol. The van der Waals surface area contributed by atoms with Crippen molar-refractivity contribution in [2.75, 3.05) is 20.1 Å². The molecule has 0 aromatic rings. The summed E-state index contributed by atoms with van der Waals surface area (Å²) in [5.74, 6) is 0. The van der Waals surface area contributed by atoms with Crippen LogP contribution < -0.4 is 5.73 Å². The Balaban J connectivity index is 2.69. The maximum atomic E-state index is 13.9. The van der Waals surface area contributed by atoms with Crippen molar-refractivity contribution in [1.82, 2.24) is 4.90 Å². The number of nitrogens with two attached hydrogens (primary N) is 1. The summed E-state index contributed by atoms with van der Waals surface area (Å²) in [5.41, 5.74) is 3.83. The van der Waals surface area contributed by atoms with Crippen LogP contribution in [0.1, 0.15) is 20.3 Å². The van der Waals surface area contributed by atoms with Crippen LogP contribution in [0.5, 0.6) is 0 Å². The standard InChI is InChI=1S/C8H17FN2/c1-7(2,10)8(9)4-5-11(3)6-8/h4-6,10H2,1-3H3. The first-order valence-corrected chi connectivity index (χ1v) is 4.01. The minimum atomic E-state index is -1.19. The first kappa shape index (κ1) is 8.94. The summed E-state index contributed by atoms with van der Waals surface area (Å²) in [6.45, 7) is 4.80. The molecule has 0 amide bonds. The molecule has 1 aliphatic heterocycles. The van der Waals surface area contributed by atoms with E-state index in [-0.39, 0.29) is 0 Å². The van der Waals surface area contributed by atoms with Crippen molar-refractivity contribution < 1.29 is 4.39 Å². The van der Waals surface area contributed by atoms with Crippen LogP contribution in [0.4, 0.5) is 4.39 Å². The highest BCUT2D eigenvalue weighted by atomic mass is 19.1. The molecule has 2 N–H and O–H groups in total. The lowest BCUT2D eigenvalue weighted by molar-refractivity contribution is 0.0872. The van der Waals surface area contributed by atoms with E-state index in [0.29, 0.717) is 13.0 Å². The average Bonchev–Trinajstić information content (AvgIpc) is 2.10. The number of nitrogens with zero attached hydrogens (tertiary/aromatic N) is 1. The lowest BCUT2D eigenvalue weighted by Crippen LogP contribution is -2.54. The third kappa shape index (κ3) is 1.54. The summed E-state index contributed by atoms with van der Waals surface area (Å²) < 4.78 is 13.9. The number of alkyl halides is 1. The number of rotatable bonds is 1. The van der Waals surface area contributed by atoms with Crippen LogP contribution in [-0.4, -0.2) is 36.2 Å². The Bertz CT molecular complexity index is 153. The van der Waals surface area contributed by atoms with Gasteiger partial charge in [0.25, 0.3) is 0 Å². The Morgan fingerprint density at radius 1 is 1.55 bits per heavy atom. The number of likely N-dealkylation sites (tertiary alicyclic amines) is 1. The van der Waals surface area contributed by atoms with Crippen LogP contribution >= 0.6 is 0 Å². The topological polar surface area (TPSA) is 29.3 Å². The molecule has 66 valence electrons. The summed E-state index contributed by atoms with van der Waals surface area (Å²) in [4.78, 5) is 1.98. The van der Waals surface area contributed by atoms with Gasteiger partial charge >= 0.3 is 0 Å². The molecule has 0 aromatic carbocycles. The lowest BCUT2D eigenvalue weighted by atomic mass is 9.85. The van der Waals surface area contributed by atoms with Crippen LogP contribution in [0.2, 0.25) is 0 Å². The summed E-state index contributed by atoms with van der Waals surface area (Å²) in [5, 5.41) is 0. The van der Waals surface area contributed by atoms with Gasteiger partial charge in [-0.25, -0.2) is 4.39 Å². The zero-order valence-corrected chi connectivity index (χ0v) is 7.52. The van der Waals surface area contributed by atoms with E-state index in [4.69, 9.17) is 5.73 Å². The molecule has 1 atom stereocenters. The van der Waals surface area contributed by atoms with E-state index in [1.807, 2.05) is 11.9 Å². The Kier molecular flexibility index (Phi) is 1.97. The molecule has 0 spiro atoms. The van der Waals surface area contributed by atoms with Crippen molar-refractivity contribution in [2.24, 2.45) is 5.73 Å². The van der Waals surface area contributed by atoms with Crippen molar-refractivity contribution in [3.63, 3.8) is 0 Å². The third-order valence-electron chi connectivity index (χ3n) is 2.57. The molecule has 1 fully saturated rings. The van der Waals surface area contributed by atoms with Gasteiger partial charge in [0.1, 0.15) is 5.67 Å². The maximum Gasteiger partial charge on any atom is 0.142 e. The van der Waals surface area contributed by atoms with E-state index in [1.165, 1.54) is 0 Å². The molecule has 2 nitrogen and oxygen atoms in total. The highest BCUT2D eigenvalue weighted by molar-refractivity contribution is 5.03. The number of hydrogen-bond acceptors (Lipinski definition) is 2. The van der Waals surface area contributed by atoms with Gasteiger partial charge in [0.15, 0.2) is 0 Å². The van der Waals surface area contributed by atoms with Crippen molar-refractivity contribution in [3.8, 4) is 0 Å². The summed E-state index contributed by atoms with van der Waals surface area (Å²) in [7, 11) is 1.92. The molecule has 0 aliphatic carbocycles. The average molecular weight is 160 g/mol. The highest BCUT2D eigenvalue weighted by Gasteiger charge is 2.47. The van der Waals surface area contributed by atoms with E-state index in [1.54, 1.807) is 13.8 Å². The molecule has 0 bridgehead atoms. The molecule has 0 radical (unpaired) electrons. The van der Waals surface area contributed by atoms with E-state index < -0.39 is 11.2 Å². The molecule has 1 saturated heterocycles. The molecule has 1 aliphatic rings. The second kappa shape index (κ2) is 2.42. The predicted octanol–water partition coefficient (Wildman–Crippen LogP) is 0.768. The molecule has 1 rings (SSSR count). The first-order chi connectivity index (χ1) is 4.85. The summed E-state index contributed by atoms with van der Waals surface area (Å²) >= 11 is 0. The van der Waals surface area contributed by atoms with Crippen LogP contribution in [0.15, 0.2) is 0 Å². The molecule has 1 heterocycles. The van der Waals surface area contributed by atoms with E-state index in [2.05, 4.69) is 0 Å². The quantitative estimate of drug-likeness (QED) is 0.614. The van der Waals surface area contributed by atoms with E-state index >= 15 is 0 Å². The van der Waals surface area contributed by atoms with Crippen LogP contribution in [0.25, 0.3) is 0 Å². The minimum Gasteiger partial charge on any atom is -0.323 e. The fraction of sp³-hybridized carbons (Fsp3) is 1.00. The van der Waals surface area contributed by atoms with Gasteiger partial charge in [-0.2, -0.15) is 0 Å². The monoisotopic (exact) mass is 160 g/mol. The van der Waals surface area contributed by atoms with Gasteiger partial charge in [-0.15, -0.1) is 0 Å². The molecular formula is C8H17FN2. The van der Waals surface area contributed by atoms with Gasteiger partial charge in [0, 0.05) is 18.6 Å². The van der Waals surface area contributed by atoms with Gasteiger partial charge in [-0.3, -0.25) is 0 Å². The second-order valence-electron chi connectivity index (χ2n) is 4.17. The summed E-state index contributed by atoms with van der Waals surface area (Å²) in [6.07, 6.45) is 0.562. The lowest BCUT2D eigenvalue weighted by Gasteiger charge is -2.33. The van der Waals surface area contributed by atoms with Crippen molar-refractivity contribution >= 4 is 0 Å². The molecule has 1 unspecified atom stereocenters. The molecule has 0 aromatic heterocycles. The zero-order valence-electron chi connectivity index (χ0n) is 7.52. The first-order valence-electron chi connectivity index (χ1n) is 4.01. The summed E-state index contributed by atoms with van der Waals surface area (Å²) in [6, 6.07) is 0. The van der Waals surface area contributed by atoms with Gasteiger partial charge < -0.3 is 10.6 Å². The number of hydrogen-bond donors (Lipinski definition) is 1. The minimum absolute atomic E-state index is 0.469. The normalized spacial score (nSPS) is 34.6. The molecule has 0 saturated carbocycles. The maximum absolute atomic E-state index is 13.9. The van der Waals surface area contributed by atoms with Crippen molar-refractivity contribution in [1.29, 1.82) is 0 Å². The number of halogens is 1. The second-order valence-corrected chi connectivity index (χ2v) is 4.17. The van der Waals surface area contributed by atoms with Gasteiger partial charge in [-0.1, -0.05) is 0 Å². The van der Waals surface area contributed by atoms with Crippen LogP contribution in [-0.2, 0) is 0 Å². The van der Waals surface area contributed by atoms with Gasteiger partial charge in [0.05, 0.1) is 0 Å². The van der Waals surface area contributed by atoms with Crippen LogP contribution in [0.3, 0.4) is 0 Å². The van der Waals surface area contributed by atoms with Crippen LogP contribution in [0, 0.1) is 0 Å². The fourth-order valence-corrected chi connectivity index (χ4v) is 1.48. The van der Waals surface area contributed by atoms with E-state index in [9.17, 15) is 4.39 Å². The largest absolute Gasteiger partial charge is 0.323 e. The molecule has 3 heteroatoms.